The van der Waals surface area contributed by atoms with E-state index in [9.17, 15) is 14.4 Å². The third-order valence-corrected chi connectivity index (χ3v) is 6.32. The second-order valence-electron chi connectivity index (χ2n) is 7.88. The van der Waals surface area contributed by atoms with Crippen LogP contribution in [0.2, 0.25) is 0 Å². The van der Waals surface area contributed by atoms with Crippen molar-refractivity contribution in [3.8, 4) is 16.9 Å². The van der Waals surface area contributed by atoms with Gasteiger partial charge < -0.3 is 15.4 Å². The number of amides is 2. The van der Waals surface area contributed by atoms with E-state index >= 15 is 0 Å². The van der Waals surface area contributed by atoms with Crippen molar-refractivity contribution in [1.29, 1.82) is 0 Å². The molecule has 8 nitrogen and oxygen atoms in total. The van der Waals surface area contributed by atoms with Crippen LogP contribution in [-0.2, 0) is 16.1 Å². The van der Waals surface area contributed by atoms with Gasteiger partial charge in [0.15, 0.2) is 6.10 Å². The Hall–Kier alpha value is -3.98. The minimum atomic E-state index is -0.575. The van der Waals surface area contributed by atoms with Crippen molar-refractivity contribution >= 4 is 44.7 Å². The summed E-state index contributed by atoms with van der Waals surface area (Å²) in [6, 6.07) is 12.9. The van der Waals surface area contributed by atoms with Crippen molar-refractivity contribution in [2.45, 2.75) is 26.5 Å². The maximum Gasteiger partial charge on any atom is 0.265 e. The molecule has 2 amide bonds. The first-order valence-electron chi connectivity index (χ1n) is 10.3. The van der Waals surface area contributed by atoms with E-state index in [1.165, 1.54) is 22.2 Å². The molecule has 0 bridgehead atoms. The van der Waals surface area contributed by atoms with Gasteiger partial charge in [0.05, 0.1) is 17.4 Å². The maximum atomic E-state index is 13.2. The van der Waals surface area contributed by atoms with Crippen LogP contribution in [0.5, 0.6) is 5.75 Å². The lowest BCUT2D eigenvalue weighted by Gasteiger charge is -2.23. The molecule has 166 valence electrons. The van der Waals surface area contributed by atoms with E-state index in [0.29, 0.717) is 27.3 Å². The Kier molecular flexibility index (Phi) is 5.18. The predicted octanol–water partition coefficient (Wildman–Crippen LogP) is 3.79. The van der Waals surface area contributed by atoms with Gasteiger partial charge in [0.25, 0.3) is 11.5 Å². The van der Waals surface area contributed by atoms with E-state index in [1.807, 2.05) is 36.6 Å². The monoisotopic (exact) mass is 460 g/mol. The van der Waals surface area contributed by atoms with Gasteiger partial charge in [-0.05, 0) is 37.6 Å². The fraction of sp³-hybridized carbons (Fsp3) is 0.167. The van der Waals surface area contributed by atoms with Gasteiger partial charge in [-0.1, -0.05) is 29.8 Å². The van der Waals surface area contributed by atoms with Gasteiger partial charge in [-0.2, -0.15) is 0 Å². The first kappa shape index (κ1) is 20.9. The van der Waals surface area contributed by atoms with E-state index in [-0.39, 0.29) is 23.9 Å². The fourth-order valence-corrected chi connectivity index (χ4v) is 4.57. The second-order valence-corrected chi connectivity index (χ2v) is 8.74. The van der Waals surface area contributed by atoms with Gasteiger partial charge in [-0.3, -0.25) is 19.0 Å². The molecular weight excluding hydrogens is 440 g/mol. The molecule has 1 aliphatic heterocycles. The molecule has 3 heterocycles. The zero-order valence-corrected chi connectivity index (χ0v) is 18.7. The maximum absolute atomic E-state index is 13.2. The van der Waals surface area contributed by atoms with Crippen molar-refractivity contribution in [1.82, 2.24) is 9.55 Å². The number of hydrogen-bond acceptors (Lipinski definition) is 6. The average molecular weight is 461 g/mol. The van der Waals surface area contributed by atoms with Crippen LogP contribution in [-0.4, -0.2) is 27.5 Å². The van der Waals surface area contributed by atoms with Crippen molar-refractivity contribution in [2.75, 3.05) is 10.6 Å². The van der Waals surface area contributed by atoms with Crippen molar-refractivity contribution in [3.05, 3.63) is 70.1 Å². The minimum Gasteiger partial charge on any atom is -0.479 e. The zero-order valence-electron chi connectivity index (χ0n) is 17.9. The smallest absolute Gasteiger partial charge is 0.265 e. The molecule has 0 radical (unpaired) electrons. The van der Waals surface area contributed by atoms with Gasteiger partial charge in [-0.15, -0.1) is 11.3 Å². The van der Waals surface area contributed by atoms with Gasteiger partial charge in [0.1, 0.15) is 17.1 Å². The van der Waals surface area contributed by atoms with Crippen LogP contribution in [0.25, 0.3) is 21.3 Å². The molecule has 33 heavy (non-hydrogen) atoms. The lowest BCUT2D eigenvalue weighted by Crippen LogP contribution is -2.34. The Morgan fingerprint density at radius 3 is 2.79 bits per heavy atom. The van der Waals surface area contributed by atoms with Crippen molar-refractivity contribution < 1.29 is 14.3 Å². The highest BCUT2D eigenvalue weighted by Crippen LogP contribution is 2.32. The number of nitrogens with one attached hydrogen (secondary N) is 2. The summed E-state index contributed by atoms with van der Waals surface area (Å²) in [6.07, 6.45) is 0.816. The van der Waals surface area contributed by atoms with Crippen LogP contribution >= 0.6 is 11.3 Å². The normalized spacial score (nSPS) is 15.0. The molecule has 4 aromatic rings. The standard InChI is InChI=1S/C24H20N4O4S/c1-13-3-5-15(6-4-13)17-11-33-23-21(17)24(31)28(12-25-23)10-20(29)26-16-7-8-19-18(9-16)27-22(30)14(2)32-19/h3-9,11-12,14H,10H2,1-2H3,(H,26,29)(H,27,30). The molecule has 0 fully saturated rings. The van der Waals surface area contributed by atoms with E-state index in [4.69, 9.17) is 4.74 Å². The number of fused-ring (bicyclic) bond motifs is 2. The number of anilines is 2. The molecular formula is C24H20N4O4S. The molecule has 5 rings (SSSR count). The Morgan fingerprint density at radius 2 is 2.00 bits per heavy atom. The third kappa shape index (κ3) is 3.98. The summed E-state index contributed by atoms with van der Waals surface area (Å²) in [5.41, 5.74) is 3.57. The Bertz CT molecular complexity index is 1460. The highest BCUT2D eigenvalue weighted by Gasteiger charge is 2.23. The number of aromatic nitrogens is 2. The number of ether oxygens (including phenoxy) is 1. The lowest BCUT2D eigenvalue weighted by molar-refractivity contribution is -0.122. The number of carbonyl (C=O) groups excluding carboxylic acids is 2. The predicted molar refractivity (Wildman–Crippen MR) is 128 cm³/mol. The Balaban J connectivity index is 1.39. The van der Waals surface area contributed by atoms with Crippen LogP contribution < -0.4 is 20.9 Å². The zero-order chi connectivity index (χ0) is 23.1. The number of thiophene rings is 1. The van der Waals surface area contributed by atoms with E-state index in [2.05, 4.69) is 15.6 Å². The van der Waals surface area contributed by atoms with Crippen LogP contribution in [0.1, 0.15) is 12.5 Å². The summed E-state index contributed by atoms with van der Waals surface area (Å²) in [7, 11) is 0. The molecule has 0 saturated heterocycles. The summed E-state index contributed by atoms with van der Waals surface area (Å²) in [5, 5.41) is 7.92. The number of carbonyl (C=O) groups is 2. The lowest BCUT2D eigenvalue weighted by atomic mass is 10.1. The second kappa shape index (κ2) is 8.18. The van der Waals surface area contributed by atoms with Crippen LogP contribution in [0.15, 0.2) is 59.0 Å². The number of hydrogen-bond donors (Lipinski definition) is 2. The van der Waals surface area contributed by atoms with Crippen LogP contribution in [0.4, 0.5) is 11.4 Å². The van der Waals surface area contributed by atoms with Crippen LogP contribution in [0.3, 0.4) is 0 Å². The largest absolute Gasteiger partial charge is 0.479 e. The van der Waals surface area contributed by atoms with Crippen LogP contribution in [0, 0.1) is 6.92 Å². The van der Waals surface area contributed by atoms with Gasteiger partial charge in [-0.25, -0.2) is 4.98 Å². The quantitative estimate of drug-likeness (QED) is 0.482. The average Bonchev–Trinajstić information content (AvgIpc) is 3.22. The summed E-state index contributed by atoms with van der Waals surface area (Å²) < 4.78 is 6.82. The number of benzene rings is 2. The van der Waals surface area contributed by atoms with E-state index in [1.54, 1.807) is 25.1 Å². The summed E-state index contributed by atoms with van der Waals surface area (Å²) in [5.74, 6) is -0.106. The van der Waals surface area contributed by atoms with Gasteiger partial charge >= 0.3 is 0 Å². The minimum absolute atomic E-state index is 0.193. The first-order valence-corrected chi connectivity index (χ1v) is 11.2. The molecule has 2 aromatic heterocycles. The van der Waals surface area contributed by atoms with E-state index < -0.39 is 6.10 Å². The molecule has 2 aromatic carbocycles. The van der Waals surface area contributed by atoms with Crippen molar-refractivity contribution in [3.63, 3.8) is 0 Å². The molecule has 1 atom stereocenters. The highest BCUT2D eigenvalue weighted by molar-refractivity contribution is 7.17. The summed E-state index contributed by atoms with van der Waals surface area (Å²) >= 11 is 1.40. The summed E-state index contributed by atoms with van der Waals surface area (Å²) in [6.45, 7) is 3.48. The van der Waals surface area contributed by atoms with Gasteiger partial charge in [0.2, 0.25) is 5.91 Å². The molecule has 0 spiro atoms. The van der Waals surface area contributed by atoms with Gasteiger partial charge in [0, 0.05) is 16.6 Å². The Labute approximate surface area is 192 Å². The molecule has 9 heteroatoms. The van der Waals surface area contributed by atoms with Crippen molar-refractivity contribution in [2.24, 2.45) is 0 Å². The fourth-order valence-electron chi connectivity index (χ4n) is 3.67. The Morgan fingerprint density at radius 1 is 1.21 bits per heavy atom. The highest BCUT2D eigenvalue weighted by atomic mass is 32.1. The van der Waals surface area contributed by atoms with E-state index in [0.717, 1.165) is 16.7 Å². The molecule has 0 saturated carbocycles. The topological polar surface area (TPSA) is 102 Å². The first-order chi connectivity index (χ1) is 15.9. The number of aryl methyl sites for hydroxylation is 1. The third-order valence-electron chi connectivity index (χ3n) is 5.43. The molecule has 2 N–H and O–H groups in total. The number of nitrogens with zero attached hydrogens (tertiary/aromatic N) is 2. The SMILES string of the molecule is Cc1ccc(-c2csc3ncn(CC(=O)Nc4ccc5c(c4)NC(=O)C(C)O5)c(=O)c23)cc1. The molecule has 1 unspecified atom stereocenters. The summed E-state index contributed by atoms with van der Waals surface area (Å²) in [4.78, 5) is 42.7. The molecule has 1 aliphatic rings. The number of rotatable bonds is 4. The molecule has 0 aliphatic carbocycles.